The molecule has 36 heavy (non-hydrogen) atoms. The van der Waals surface area contributed by atoms with Crippen LogP contribution in [-0.2, 0) is 13.6 Å². The van der Waals surface area contributed by atoms with E-state index >= 15 is 0 Å². The summed E-state index contributed by atoms with van der Waals surface area (Å²) in [5, 5.41) is 2.19. The third-order valence-electron chi connectivity index (χ3n) is 7.37. The molecule has 5 nitrogen and oxygen atoms in total. The third kappa shape index (κ3) is 4.70. The van der Waals surface area contributed by atoms with Crippen molar-refractivity contribution in [2.45, 2.75) is 59.4 Å². The normalized spacial score (nSPS) is 14.3. The fraction of sp³-hybridized carbons (Fsp3) is 0.333. The smallest absolute Gasteiger partial charge is 0.297 e. The highest BCUT2D eigenvalue weighted by atomic mass is 32.1. The minimum Gasteiger partial charge on any atom is -0.316 e. The predicted octanol–water partition coefficient (Wildman–Crippen LogP) is 6.75. The highest BCUT2D eigenvalue weighted by Gasteiger charge is 2.17. The van der Waals surface area contributed by atoms with Crippen LogP contribution in [-0.4, -0.2) is 13.9 Å². The van der Waals surface area contributed by atoms with Gasteiger partial charge in [-0.2, -0.15) is 0 Å². The van der Waals surface area contributed by atoms with Crippen LogP contribution in [0.3, 0.4) is 0 Å². The molecule has 1 aliphatic carbocycles. The molecule has 0 saturated heterocycles. The van der Waals surface area contributed by atoms with Gasteiger partial charge in [0.05, 0.1) is 17.1 Å². The maximum absolute atomic E-state index is 13.5. The van der Waals surface area contributed by atoms with E-state index in [4.69, 9.17) is 4.99 Å². The van der Waals surface area contributed by atoms with Crippen LogP contribution in [0.25, 0.3) is 16.9 Å². The first-order valence-electron chi connectivity index (χ1n) is 12.8. The van der Waals surface area contributed by atoms with Gasteiger partial charge in [-0.3, -0.25) is 9.48 Å². The first kappa shape index (κ1) is 24.3. The molecule has 0 atom stereocenters. The molecule has 0 spiro atoms. The minimum absolute atomic E-state index is 0.0936. The summed E-state index contributed by atoms with van der Waals surface area (Å²) in [6.45, 7) is 7.13. The summed E-state index contributed by atoms with van der Waals surface area (Å²) in [5.41, 5.74) is 8.57. The number of benzene rings is 2. The van der Waals surface area contributed by atoms with Gasteiger partial charge in [0.25, 0.3) is 5.56 Å². The quantitative estimate of drug-likeness (QED) is 0.271. The lowest BCUT2D eigenvalue weighted by Crippen LogP contribution is -2.20. The van der Waals surface area contributed by atoms with Crippen molar-refractivity contribution in [2.75, 3.05) is 0 Å². The number of aromatic nitrogens is 3. The van der Waals surface area contributed by atoms with Crippen molar-refractivity contribution >= 4 is 17.0 Å². The van der Waals surface area contributed by atoms with Gasteiger partial charge in [-0.1, -0.05) is 42.0 Å². The average Bonchev–Trinajstić information content (AvgIpc) is 3.39. The molecule has 2 aromatic heterocycles. The Kier molecular flexibility index (Phi) is 6.97. The fourth-order valence-electron chi connectivity index (χ4n) is 4.93. The molecule has 0 aliphatic heterocycles. The van der Waals surface area contributed by atoms with Gasteiger partial charge < -0.3 is 4.57 Å². The molecule has 0 radical (unpaired) electrons. The Balaban J connectivity index is 1.63. The van der Waals surface area contributed by atoms with Crippen molar-refractivity contribution in [3.63, 3.8) is 0 Å². The summed E-state index contributed by atoms with van der Waals surface area (Å²) in [7, 11) is 1.92. The monoisotopic (exact) mass is 498 g/mol. The molecule has 4 aromatic rings. The molecule has 5 rings (SSSR count). The molecule has 6 heteroatoms. The number of para-hydroxylation sites is 1. The van der Waals surface area contributed by atoms with E-state index in [-0.39, 0.29) is 5.56 Å². The minimum atomic E-state index is -0.0936. The van der Waals surface area contributed by atoms with E-state index in [9.17, 15) is 4.79 Å². The molecule has 0 N–H and O–H groups in total. The number of thiazole rings is 1. The Morgan fingerprint density at radius 2 is 1.81 bits per heavy atom. The third-order valence-corrected chi connectivity index (χ3v) is 8.24. The van der Waals surface area contributed by atoms with Gasteiger partial charge in [0.2, 0.25) is 0 Å². The number of hydrogen-bond donors (Lipinski definition) is 0. The number of rotatable bonds is 6. The van der Waals surface area contributed by atoms with Gasteiger partial charge in [-0.25, -0.2) is 9.67 Å². The van der Waals surface area contributed by atoms with E-state index in [0.717, 1.165) is 34.8 Å². The van der Waals surface area contributed by atoms with Gasteiger partial charge in [0, 0.05) is 19.0 Å². The standard InChI is InChI=1S/C30H34N4OS/c1-21-15-16-25(19-22(21)2)27-20-36-30(33(27)18-17-24-11-7-5-8-12-24)31-28-23(3)32(4)34(29(28)35)26-13-9-6-10-14-26/h6,9-11,13-16,19-20H,5,7-8,12,17-18H2,1-4H3. The zero-order chi connectivity index (χ0) is 25.2. The molecular weight excluding hydrogens is 464 g/mol. The number of hydrogen-bond acceptors (Lipinski definition) is 3. The first-order valence-corrected chi connectivity index (χ1v) is 13.6. The Labute approximate surface area is 216 Å². The van der Waals surface area contributed by atoms with Crippen LogP contribution < -0.4 is 10.4 Å². The lowest BCUT2D eigenvalue weighted by Gasteiger charge is -2.15. The highest BCUT2D eigenvalue weighted by Crippen LogP contribution is 2.26. The van der Waals surface area contributed by atoms with Crippen molar-refractivity contribution in [3.8, 4) is 16.9 Å². The van der Waals surface area contributed by atoms with Crippen LogP contribution >= 0.6 is 11.3 Å². The van der Waals surface area contributed by atoms with Crippen molar-refractivity contribution < 1.29 is 0 Å². The summed E-state index contributed by atoms with van der Waals surface area (Å²) >= 11 is 1.61. The molecule has 0 saturated carbocycles. The Morgan fingerprint density at radius 3 is 2.53 bits per heavy atom. The summed E-state index contributed by atoms with van der Waals surface area (Å²) in [6, 6.07) is 16.4. The topological polar surface area (TPSA) is 44.2 Å². The SMILES string of the molecule is Cc1ccc(-c2csc(=Nc3c(C)n(C)n(-c4ccccc4)c3=O)n2CCC2=CCCCC2)cc1C. The molecule has 0 unspecified atom stereocenters. The van der Waals surface area contributed by atoms with E-state index in [1.807, 2.05) is 49.0 Å². The maximum Gasteiger partial charge on any atom is 0.297 e. The lowest BCUT2D eigenvalue weighted by molar-refractivity contribution is 0.620. The Hall–Kier alpha value is -3.38. The second-order valence-corrected chi connectivity index (χ2v) is 10.6. The largest absolute Gasteiger partial charge is 0.316 e. The maximum atomic E-state index is 13.5. The number of nitrogens with zero attached hydrogens (tertiary/aromatic N) is 4. The Morgan fingerprint density at radius 1 is 1.00 bits per heavy atom. The predicted molar refractivity (Wildman–Crippen MR) is 149 cm³/mol. The fourth-order valence-corrected chi connectivity index (χ4v) is 5.87. The summed E-state index contributed by atoms with van der Waals surface area (Å²) < 4.78 is 5.90. The summed E-state index contributed by atoms with van der Waals surface area (Å²) in [5.74, 6) is 0. The second kappa shape index (κ2) is 10.3. The zero-order valence-corrected chi connectivity index (χ0v) is 22.4. The highest BCUT2D eigenvalue weighted by molar-refractivity contribution is 7.07. The van der Waals surface area contributed by atoms with Gasteiger partial charge in [0.15, 0.2) is 10.5 Å². The van der Waals surface area contributed by atoms with Crippen LogP contribution in [0, 0.1) is 20.8 Å². The second-order valence-electron chi connectivity index (χ2n) is 9.73. The van der Waals surface area contributed by atoms with Gasteiger partial charge in [0.1, 0.15) is 0 Å². The molecule has 0 fully saturated rings. The van der Waals surface area contributed by atoms with Gasteiger partial charge >= 0.3 is 0 Å². The average molecular weight is 499 g/mol. The van der Waals surface area contributed by atoms with Gasteiger partial charge in [-0.15, -0.1) is 11.3 Å². The molecule has 186 valence electrons. The Bertz CT molecular complexity index is 1550. The van der Waals surface area contributed by atoms with Crippen LogP contribution in [0.2, 0.25) is 0 Å². The van der Waals surface area contributed by atoms with Crippen LogP contribution in [0.5, 0.6) is 0 Å². The van der Waals surface area contributed by atoms with E-state index < -0.39 is 0 Å². The van der Waals surface area contributed by atoms with E-state index in [1.54, 1.807) is 21.6 Å². The van der Waals surface area contributed by atoms with Crippen molar-refractivity contribution in [2.24, 2.45) is 12.0 Å². The van der Waals surface area contributed by atoms with E-state index in [1.165, 1.54) is 42.4 Å². The number of aryl methyl sites for hydroxylation is 2. The van der Waals surface area contributed by atoms with Crippen LogP contribution in [0.4, 0.5) is 5.69 Å². The van der Waals surface area contributed by atoms with E-state index in [0.29, 0.717) is 5.69 Å². The molecule has 1 aliphatic rings. The summed E-state index contributed by atoms with van der Waals surface area (Å²) in [4.78, 5) is 19.4. The van der Waals surface area contributed by atoms with Crippen molar-refractivity contribution in [3.05, 3.63) is 97.5 Å². The van der Waals surface area contributed by atoms with Gasteiger partial charge in [-0.05, 0) is 87.8 Å². The van der Waals surface area contributed by atoms with Crippen LogP contribution in [0.15, 0.2) is 75.3 Å². The lowest BCUT2D eigenvalue weighted by atomic mass is 9.97. The molecule has 2 aromatic carbocycles. The summed E-state index contributed by atoms with van der Waals surface area (Å²) in [6.07, 6.45) is 8.39. The van der Waals surface area contributed by atoms with Crippen molar-refractivity contribution in [1.82, 2.24) is 13.9 Å². The molecule has 0 bridgehead atoms. The number of allylic oxidation sites excluding steroid dienone is 2. The molecule has 0 amide bonds. The molecule has 2 heterocycles. The first-order chi connectivity index (χ1) is 17.4. The van der Waals surface area contributed by atoms with E-state index in [2.05, 4.69) is 48.1 Å². The molecular formula is C30H34N4OS. The van der Waals surface area contributed by atoms with Crippen molar-refractivity contribution in [1.29, 1.82) is 0 Å². The van der Waals surface area contributed by atoms with Crippen LogP contribution in [0.1, 0.15) is 48.9 Å². The zero-order valence-electron chi connectivity index (χ0n) is 21.6.